The van der Waals surface area contributed by atoms with E-state index in [1.54, 1.807) is 13.2 Å². The fourth-order valence-electron chi connectivity index (χ4n) is 2.02. The van der Waals surface area contributed by atoms with E-state index in [9.17, 15) is 0 Å². The summed E-state index contributed by atoms with van der Waals surface area (Å²) in [6.07, 6.45) is 1.73. The van der Waals surface area contributed by atoms with Crippen LogP contribution >= 0.6 is 11.6 Å². The lowest BCUT2D eigenvalue weighted by Gasteiger charge is -2.25. The van der Waals surface area contributed by atoms with E-state index in [4.69, 9.17) is 25.8 Å². The van der Waals surface area contributed by atoms with Gasteiger partial charge in [0.15, 0.2) is 0 Å². The van der Waals surface area contributed by atoms with Gasteiger partial charge < -0.3 is 14.2 Å². The van der Waals surface area contributed by atoms with Crippen LogP contribution in [0.4, 0.5) is 0 Å². The van der Waals surface area contributed by atoms with Gasteiger partial charge in [-0.15, -0.1) is 0 Å². The Morgan fingerprint density at radius 2 is 2.33 bits per heavy atom. The van der Waals surface area contributed by atoms with Gasteiger partial charge in [0.1, 0.15) is 16.5 Å². The summed E-state index contributed by atoms with van der Waals surface area (Å²) in [5, 5.41) is 0.418. The van der Waals surface area contributed by atoms with Gasteiger partial charge in [-0.2, -0.15) is 0 Å². The van der Waals surface area contributed by atoms with E-state index in [0.29, 0.717) is 25.0 Å². The van der Waals surface area contributed by atoms with Gasteiger partial charge in [0.25, 0.3) is 0 Å². The van der Waals surface area contributed by atoms with Crippen LogP contribution in [0.2, 0.25) is 5.15 Å². The van der Waals surface area contributed by atoms with Gasteiger partial charge in [-0.25, -0.2) is 4.98 Å². The van der Waals surface area contributed by atoms with Gasteiger partial charge in [-0.3, -0.25) is 0 Å². The molecule has 0 saturated carbocycles. The highest BCUT2D eigenvalue weighted by Crippen LogP contribution is 2.35. The molecule has 1 aromatic rings. The second-order valence-electron chi connectivity index (χ2n) is 4.36. The van der Waals surface area contributed by atoms with Crippen LogP contribution in [0.3, 0.4) is 0 Å². The average molecular weight is 272 g/mol. The number of hydrogen-bond acceptors (Lipinski definition) is 4. The van der Waals surface area contributed by atoms with Crippen LogP contribution in [-0.2, 0) is 15.1 Å². The van der Waals surface area contributed by atoms with Crippen LogP contribution < -0.4 is 4.74 Å². The summed E-state index contributed by atoms with van der Waals surface area (Å²) in [6.45, 7) is 3.90. The maximum absolute atomic E-state index is 6.04. The molecule has 5 heteroatoms. The Morgan fingerprint density at radius 1 is 1.50 bits per heavy atom. The van der Waals surface area contributed by atoms with Crippen molar-refractivity contribution in [2.45, 2.75) is 25.4 Å². The van der Waals surface area contributed by atoms with E-state index >= 15 is 0 Å². The molecule has 1 fully saturated rings. The van der Waals surface area contributed by atoms with E-state index in [1.165, 1.54) is 0 Å². The predicted octanol–water partition coefficient (Wildman–Crippen LogP) is 2.79. The Bertz CT molecular complexity index is 405. The SMILES string of the molecule is CCCOc1cc(Cl)nc([C@]2(OC)CCOC2)c1. The number of rotatable bonds is 5. The van der Waals surface area contributed by atoms with Crippen molar-refractivity contribution in [1.29, 1.82) is 0 Å². The lowest BCUT2D eigenvalue weighted by Crippen LogP contribution is -2.30. The highest BCUT2D eigenvalue weighted by molar-refractivity contribution is 6.29. The largest absolute Gasteiger partial charge is 0.493 e. The van der Waals surface area contributed by atoms with Crippen LogP contribution in [0.1, 0.15) is 25.5 Å². The van der Waals surface area contributed by atoms with Gasteiger partial charge in [0, 0.05) is 32.3 Å². The van der Waals surface area contributed by atoms with Crippen molar-refractivity contribution in [3.8, 4) is 5.75 Å². The van der Waals surface area contributed by atoms with Crippen LogP contribution in [0.25, 0.3) is 0 Å². The molecular formula is C13H18ClNO3. The molecule has 0 bridgehead atoms. The summed E-state index contributed by atoms with van der Waals surface area (Å²) < 4.78 is 16.6. The predicted molar refractivity (Wildman–Crippen MR) is 69.2 cm³/mol. The Kier molecular flexibility index (Phi) is 4.43. The summed E-state index contributed by atoms with van der Waals surface area (Å²) in [5.74, 6) is 0.732. The second-order valence-corrected chi connectivity index (χ2v) is 4.75. The molecule has 0 aromatic carbocycles. The molecule has 2 rings (SSSR count). The van der Waals surface area contributed by atoms with Gasteiger partial charge in [-0.1, -0.05) is 18.5 Å². The van der Waals surface area contributed by atoms with Crippen LogP contribution in [0.15, 0.2) is 12.1 Å². The molecule has 0 radical (unpaired) electrons. The monoisotopic (exact) mass is 271 g/mol. The molecule has 2 heterocycles. The molecule has 1 aliphatic rings. The topological polar surface area (TPSA) is 40.6 Å². The molecule has 1 aliphatic heterocycles. The number of methoxy groups -OCH3 is 1. The average Bonchev–Trinajstić information content (AvgIpc) is 2.85. The molecule has 0 aliphatic carbocycles. The van der Waals surface area contributed by atoms with E-state index in [1.807, 2.05) is 6.07 Å². The van der Waals surface area contributed by atoms with E-state index < -0.39 is 5.60 Å². The molecule has 1 aromatic heterocycles. The van der Waals surface area contributed by atoms with Crippen molar-refractivity contribution in [3.63, 3.8) is 0 Å². The first-order valence-electron chi connectivity index (χ1n) is 6.14. The molecule has 0 N–H and O–H groups in total. The molecule has 4 nitrogen and oxygen atoms in total. The number of halogens is 1. The van der Waals surface area contributed by atoms with Gasteiger partial charge in [0.2, 0.25) is 0 Å². The molecule has 100 valence electrons. The molecule has 18 heavy (non-hydrogen) atoms. The summed E-state index contributed by atoms with van der Waals surface area (Å²) in [5.41, 5.74) is 0.288. The first-order chi connectivity index (χ1) is 8.70. The highest BCUT2D eigenvalue weighted by atomic mass is 35.5. The molecular weight excluding hydrogens is 254 g/mol. The number of aromatic nitrogens is 1. The van der Waals surface area contributed by atoms with Crippen molar-refractivity contribution < 1.29 is 14.2 Å². The molecule has 0 amide bonds. The molecule has 1 atom stereocenters. The minimum Gasteiger partial charge on any atom is -0.493 e. The minimum absolute atomic E-state index is 0.418. The van der Waals surface area contributed by atoms with Crippen LogP contribution in [0.5, 0.6) is 5.75 Å². The quantitative estimate of drug-likeness (QED) is 0.772. The number of ether oxygens (including phenoxy) is 3. The Balaban J connectivity index is 2.28. The maximum atomic E-state index is 6.04. The van der Waals surface area contributed by atoms with Crippen molar-refractivity contribution in [2.24, 2.45) is 0 Å². The summed E-state index contributed by atoms with van der Waals surface area (Å²) in [4.78, 5) is 4.35. The Hall–Kier alpha value is -0.840. The van der Waals surface area contributed by atoms with Crippen molar-refractivity contribution >= 4 is 11.6 Å². The number of nitrogens with zero attached hydrogens (tertiary/aromatic N) is 1. The highest BCUT2D eigenvalue weighted by Gasteiger charge is 2.38. The zero-order valence-corrected chi connectivity index (χ0v) is 11.5. The second kappa shape index (κ2) is 5.87. The summed E-state index contributed by atoms with van der Waals surface area (Å²) >= 11 is 6.04. The van der Waals surface area contributed by atoms with Gasteiger partial charge in [0.05, 0.1) is 18.9 Å². The zero-order chi connectivity index (χ0) is 13.0. The first kappa shape index (κ1) is 13.6. The lowest BCUT2D eigenvalue weighted by atomic mass is 9.98. The Morgan fingerprint density at radius 3 is 2.94 bits per heavy atom. The van der Waals surface area contributed by atoms with Crippen molar-refractivity contribution in [1.82, 2.24) is 4.98 Å². The fourth-order valence-corrected chi connectivity index (χ4v) is 2.22. The van der Waals surface area contributed by atoms with E-state index in [-0.39, 0.29) is 0 Å². The zero-order valence-electron chi connectivity index (χ0n) is 10.7. The molecule has 0 unspecified atom stereocenters. The van der Waals surface area contributed by atoms with Crippen molar-refractivity contribution in [3.05, 3.63) is 23.0 Å². The summed E-state index contributed by atoms with van der Waals surface area (Å²) in [6, 6.07) is 3.61. The number of hydrogen-bond donors (Lipinski definition) is 0. The minimum atomic E-state index is -0.491. The smallest absolute Gasteiger partial charge is 0.135 e. The first-order valence-corrected chi connectivity index (χ1v) is 6.52. The molecule has 1 saturated heterocycles. The van der Waals surface area contributed by atoms with E-state index in [0.717, 1.165) is 24.3 Å². The lowest BCUT2D eigenvalue weighted by molar-refractivity contribution is -0.0247. The third-order valence-corrected chi connectivity index (χ3v) is 3.28. The third-order valence-electron chi connectivity index (χ3n) is 3.08. The van der Waals surface area contributed by atoms with Gasteiger partial charge >= 0.3 is 0 Å². The number of pyridine rings is 1. The Labute approximate surface area is 112 Å². The van der Waals surface area contributed by atoms with Gasteiger partial charge in [-0.05, 0) is 6.42 Å². The van der Waals surface area contributed by atoms with E-state index in [2.05, 4.69) is 11.9 Å². The summed E-state index contributed by atoms with van der Waals surface area (Å²) in [7, 11) is 1.67. The third kappa shape index (κ3) is 2.76. The normalized spacial score (nSPS) is 23.3. The fraction of sp³-hybridized carbons (Fsp3) is 0.615. The molecule has 0 spiro atoms. The van der Waals surface area contributed by atoms with Crippen LogP contribution in [-0.4, -0.2) is 31.9 Å². The maximum Gasteiger partial charge on any atom is 0.135 e. The standard InChI is InChI=1S/C13H18ClNO3/c1-3-5-18-10-7-11(15-12(14)8-10)13(16-2)4-6-17-9-13/h7-8H,3-6,9H2,1-2H3/t13-/m0/s1. The van der Waals surface area contributed by atoms with Crippen molar-refractivity contribution in [2.75, 3.05) is 26.9 Å². The van der Waals surface area contributed by atoms with Crippen LogP contribution in [0, 0.1) is 0 Å².